The van der Waals surface area contributed by atoms with Gasteiger partial charge >= 0.3 is 5.97 Å². The van der Waals surface area contributed by atoms with Gasteiger partial charge in [0.1, 0.15) is 5.82 Å². The molecule has 0 saturated carbocycles. The van der Waals surface area contributed by atoms with Crippen LogP contribution in [0.5, 0.6) is 0 Å². The van der Waals surface area contributed by atoms with Crippen molar-refractivity contribution in [1.29, 1.82) is 0 Å². The third kappa shape index (κ3) is 3.42. The lowest BCUT2D eigenvalue weighted by Gasteiger charge is -2.06. The molecule has 0 fully saturated rings. The third-order valence-corrected chi connectivity index (χ3v) is 4.05. The van der Waals surface area contributed by atoms with Crippen LogP contribution in [0.3, 0.4) is 0 Å². The number of aliphatic carboxylic acids is 1. The fraction of sp³-hybridized carbons (Fsp3) is 0.0588. The number of nitrogens with zero attached hydrogens (tertiary/aromatic N) is 2. The van der Waals surface area contributed by atoms with Gasteiger partial charge in [0.25, 0.3) is 0 Å². The average Bonchev–Trinajstić information content (AvgIpc) is 2.85. The van der Waals surface area contributed by atoms with Crippen molar-refractivity contribution in [2.45, 2.75) is 6.54 Å². The number of carbonyl (C=O) groups is 1. The van der Waals surface area contributed by atoms with E-state index in [0.29, 0.717) is 33.2 Å². The molecule has 0 aliphatic rings. The molecular formula is C17H11Cl2FN2O2. The zero-order valence-electron chi connectivity index (χ0n) is 12.2. The van der Waals surface area contributed by atoms with Gasteiger partial charge in [0.15, 0.2) is 0 Å². The Kier molecular flexibility index (Phi) is 4.55. The van der Waals surface area contributed by atoms with Crippen molar-refractivity contribution in [3.63, 3.8) is 0 Å². The van der Waals surface area contributed by atoms with Gasteiger partial charge in [0.05, 0.1) is 17.8 Å². The standard InChI is InChI=1S/C17H11Cl2FN2O2/c18-11-2-1-10(14(19)7-11)9-22-16-8-12(20)3-4-13(16)15(21-22)5-6-17(23)24/h1-8H,9H2,(H,23,24)/b6-5+. The van der Waals surface area contributed by atoms with E-state index in [1.165, 1.54) is 18.2 Å². The molecule has 24 heavy (non-hydrogen) atoms. The summed E-state index contributed by atoms with van der Waals surface area (Å²) >= 11 is 12.1. The minimum absolute atomic E-state index is 0.302. The van der Waals surface area contributed by atoms with Gasteiger partial charge in [-0.15, -0.1) is 0 Å². The third-order valence-electron chi connectivity index (χ3n) is 3.46. The molecule has 1 aromatic heterocycles. The normalized spacial score (nSPS) is 11.5. The molecule has 1 heterocycles. The highest BCUT2D eigenvalue weighted by molar-refractivity contribution is 6.35. The van der Waals surface area contributed by atoms with Crippen LogP contribution >= 0.6 is 23.2 Å². The second-order valence-corrected chi connectivity index (χ2v) is 5.96. The zero-order valence-corrected chi connectivity index (χ0v) is 13.7. The van der Waals surface area contributed by atoms with E-state index in [1.54, 1.807) is 28.9 Å². The van der Waals surface area contributed by atoms with Gasteiger partial charge in [0.2, 0.25) is 0 Å². The molecule has 0 spiro atoms. The highest BCUT2D eigenvalue weighted by atomic mass is 35.5. The molecule has 3 aromatic rings. The molecule has 0 bridgehead atoms. The van der Waals surface area contributed by atoms with Crippen molar-refractivity contribution in [1.82, 2.24) is 9.78 Å². The molecule has 0 saturated heterocycles. The highest BCUT2D eigenvalue weighted by Gasteiger charge is 2.12. The molecule has 0 unspecified atom stereocenters. The molecular weight excluding hydrogens is 354 g/mol. The fourth-order valence-electron chi connectivity index (χ4n) is 2.38. The SMILES string of the molecule is O=C(O)/C=C/c1nn(Cc2ccc(Cl)cc2Cl)c2cc(F)ccc12. The molecule has 0 amide bonds. The largest absolute Gasteiger partial charge is 0.478 e. The minimum Gasteiger partial charge on any atom is -0.478 e. The first-order valence-corrected chi connectivity index (χ1v) is 7.70. The van der Waals surface area contributed by atoms with Crippen molar-refractivity contribution in [2.24, 2.45) is 0 Å². The van der Waals surface area contributed by atoms with Gasteiger partial charge in [-0.3, -0.25) is 4.68 Å². The Labute approximate surface area is 146 Å². The predicted molar refractivity (Wildman–Crippen MR) is 91.9 cm³/mol. The van der Waals surface area contributed by atoms with Crippen molar-refractivity contribution in [2.75, 3.05) is 0 Å². The summed E-state index contributed by atoms with van der Waals surface area (Å²) in [5, 5.41) is 14.8. The second kappa shape index (κ2) is 6.63. The predicted octanol–water partition coefficient (Wildman–Crippen LogP) is 4.63. The Bertz CT molecular complexity index is 967. The number of hydrogen-bond acceptors (Lipinski definition) is 2. The van der Waals surface area contributed by atoms with Crippen LogP contribution in [0.1, 0.15) is 11.3 Å². The molecule has 7 heteroatoms. The summed E-state index contributed by atoms with van der Waals surface area (Å²) in [6.45, 7) is 0.302. The number of rotatable bonds is 4. The van der Waals surface area contributed by atoms with Crippen molar-refractivity contribution in [3.05, 3.63) is 69.6 Å². The molecule has 2 aromatic carbocycles. The highest BCUT2D eigenvalue weighted by Crippen LogP contribution is 2.25. The van der Waals surface area contributed by atoms with E-state index in [9.17, 15) is 9.18 Å². The Hall–Kier alpha value is -2.37. The second-order valence-electron chi connectivity index (χ2n) is 5.11. The lowest BCUT2D eigenvalue weighted by Crippen LogP contribution is -2.02. The topological polar surface area (TPSA) is 55.1 Å². The minimum atomic E-state index is -1.08. The van der Waals surface area contributed by atoms with Gasteiger partial charge in [-0.25, -0.2) is 9.18 Å². The lowest BCUT2D eigenvalue weighted by molar-refractivity contribution is -0.131. The van der Waals surface area contributed by atoms with Gasteiger partial charge < -0.3 is 5.11 Å². The number of aromatic nitrogens is 2. The van der Waals surface area contributed by atoms with Crippen LogP contribution in [0.4, 0.5) is 4.39 Å². The van der Waals surface area contributed by atoms with E-state index < -0.39 is 11.8 Å². The fourth-order valence-corrected chi connectivity index (χ4v) is 2.85. The van der Waals surface area contributed by atoms with Crippen LogP contribution in [0, 0.1) is 5.82 Å². The number of fused-ring (bicyclic) bond motifs is 1. The molecule has 0 radical (unpaired) electrons. The first-order valence-electron chi connectivity index (χ1n) is 6.95. The number of hydrogen-bond donors (Lipinski definition) is 1. The van der Waals surface area contributed by atoms with Gasteiger partial charge in [-0.2, -0.15) is 5.10 Å². The van der Waals surface area contributed by atoms with E-state index >= 15 is 0 Å². The summed E-state index contributed by atoms with van der Waals surface area (Å²) in [6.07, 6.45) is 2.37. The first kappa shape index (κ1) is 16.5. The molecule has 3 rings (SSSR count). The first-order chi connectivity index (χ1) is 11.4. The molecule has 4 nitrogen and oxygen atoms in total. The summed E-state index contributed by atoms with van der Waals surface area (Å²) < 4.78 is 15.2. The van der Waals surface area contributed by atoms with Crippen LogP contribution in [0.2, 0.25) is 10.0 Å². The van der Waals surface area contributed by atoms with Crippen LogP contribution in [-0.4, -0.2) is 20.9 Å². The summed E-state index contributed by atoms with van der Waals surface area (Å²) in [4.78, 5) is 10.7. The maximum atomic E-state index is 13.6. The Morgan fingerprint density at radius 1 is 1.25 bits per heavy atom. The van der Waals surface area contributed by atoms with Crippen LogP contribution in [-0.2, 0) is 11.3 Å². The summed E-state index contributed by atoms with van der Waals surface area (Å²) in [7, 11) is 0. The molecule has 1 N–H and O–H groups in total. The molecule has 0 aliphatic heterocycles. The maximum Gasteiger partial charge on any atom is 0.328 e. The summed E-state index contributed by atoms with van der Waals surface area (Å²) in [6, 6.07) is 9.33. The Morgan fingerprint density at radius 3 is 2.75 bits per heavy atom. The van der Waals surface area contributed by atoms with E-state index in [4.69, 9.17) is 28.3 Å². The average molecular weight is 365 g/mol. The van der Waals surface area contributed by atoms with Crippen LogP contribution < -0.4 is 0 Å². The molecule has 0 atom stereocenters. The number of halogens is 3. The monoisotopic (exact) mass is 364 g/mol. The van der Waals surface area contributed by atoms with Gasteiger partial charge in [-0.05, 0) is 42.0 Å². The Balaban J connectivity index is 2.09. The van der Waals surface area contributed by atoms with E-state index in [-0.39, 0.29) is 0 Å². The summed E-state index contributed by atoms with van der Waals surface area (Å²) in [5.74, 6) is -1.49. The van der Waals surface area contributed by atoms with E-state index in [0.717, 1.165) is 11.6 Å². The van der Waals surface area contributed by atoms with Crippen LogP contribution in [0.15, 0.2) is 42.5 Å². The molecule has 122 valence electrons. The quantitative estimate of drug-likeness (QED) is 0.686. The van der Waals surface area contributed by atoms with Crippen molar-refractivity contribution >= 4 is 46.2 Å². The van der Waals surface area contributed by atoms with Crippen molar-refractivity contribution < 1.29 is 14.3 Å². The number of benzene rings is 2. The van der Waals surface area contributed by atoms with Crippen LogP contribution in [0.25, 0.3) is 17.0 Å². The summed E-state index contributed by atoms with van der Waals surface area (Å²) in [5.41, 5.74) is 1.76. The smallest absolute Gasteiger partial charge is 0.328 e. The van der Waals surface area contributed by atoms with Crippen molar-refractivity contribution in [3.8, 4) is 0 Å². The lowest BCUT2D eigenvalue weighted by atomic mass is 10.2. The zero-order chi connectivity index (χ0) is 17.3. The van der Waals surface area contributed by atoms with Gasteiger partial charge in [-0.1, -0.05) is 29.3 Å². The maximum absolute atomic E-state index is 13.6. The number of carboxylic acids is 1. The van der Waals surface area contributed by atoms with E-state index in [1.807, 2.05) is 0 Å². The van der Waals surface area contributed by atoms with E-state index in [2.05, 4.69) is 5.10 Å². The number of carboxylic acid groups (broad SMARTS) is 1. The van der Waals surface area contributed by atoms with Gasteiger partial charge in [0, 0.05) is 21.5 Å². The Morgan fingerprint density at radius 2 is 2.04 bits per heavy atom. The molecule has 0 aliphatic carbocycles.